The molecule has 31 heavy (non-hydrogen) atoms. The van der Waals surface area contributed by atoms with Crippen LogP contribution in [0.3, 0.4) is 0 Å². The van der Waals surface area contributed by atoms with E-state index in [0.717, 1.165) is 32.1 Å². The predicted octanol–water partition coefficient (Wildman–Crippen LogP) is 6.56. The second kappa shape index (κ2) is 8.10. The van der Waals surface area contributed by atoms with Gasteiger partial charge in [0.05, 0.1) is 11.1 Å². The number of rotatable bonds is 3. The third-order valence-corrected chi connectivity index (χ3v) is 8.43. The monoisotopic (exact) mass is 424 g/mol. The number of ether oxygens (including phenoxy) is 1. The molecule has 0 radical (unpaired) electrons. The molecule has 4 rings (SSSR count). The van der Waals surface area contributed by atoms with E-state index in [1.807, 2.05) is 0 Å². The van der Waals surface area contributed by atoms with Crippen LogP contribution in [0.25, 0.3) is 0 Å². The zero-order chi connectivity index (χ0) is 22.4. The lowest BCUT2D eigenvalue weighted by Crippen LogP contribution is -2.54. The second-order valence-electron chi connectivity index (χ2n) is 10.4. The molecule has 5 nitrogen and oxygen atoms in total. The van der Waals surface area contributed by atoms with Crippen LogP contribution < -0.4 is 9.96 Å². The Balaban J connectivity index is 1.58. The maximum Gasteiger partial charge on any atom is 0.317 e. The Labute approximate surface area is 185 Å². The highest BCUT2D eigenvalue weighted by molar-refractivity contribution is 5.79. The number of esters is 1. The van der Waals surface area contributed by atoms with Crippen molar-refractivity contribution in [1.82, 2.24) is 0 Å². The molecule has 3 aliphatic carbocycles. The number of hydrogen-bond donors (Lipinski definition) is 1. The minimum atomic E-state index is -0.536. The summed E-state index contributed by atoms with van der Waals surface area (Å²) in [5.41, 5.74) is 4.32. The highest BCUT2D eigenvalue weighted by atomic mass is 16.8. The third kappa shape index (κ3) is 3.83. The summed E-state index contributed by atoms with van der Waals surface area (Å²) < 4.78 is 5.80. The largest absolute Gasteiger partial charge is 0.733 e. The number of benzene rings is 1. The number of nitrogens with zero attached hydrogens (tertiary/aromatic N) is 1. The van der Waals surface area contributed by atoms with Crippen LogP contribution in [0.1, 0.15) is 72.6 Å². The van der Waals surface area contributed by atoms with Gasteiger partial charge in [-0.05, 0) is 101 Å². The molecule has 0 amide bonds. The summed E-state index contributed by atoms with van der Waals surface area (Å²) in [4.78, 5) is 13.4. The molecule has 5 heteroatoms. The number of fused-ring (bicyclic) bond motifs is 3. The zero-order valence-electron chi connectivity index (χ0n) is 19.1. The fraction of sp³-hybridized carbons (Fsp3) is 0.577. The maximum absolute atomic E-state index is 13.4. The molecule has 0 saturated heterocycles. The van der Waals surface area contributed by atoms with Gasteiger partial charge in [-0.2, -0.15) is 0 Å². The van der Waals surface area contributed by atoms with Gasteiger partial charge in [-0.3, -0.25) is 10.0 Å². The van der Waals surface area contributed by atoms with Crippen LogP contribution in [-0.4, -0.2) is 11.2 Å². The van der Waals surface area contributed by atoms with Crippen LogP contribution in [0.15, 0.2) is 47.1 Å². The van der Waals surface area contributed by atoms with E-state index < -0.39 is 5.41 Å². The number of carbonyl (C=O) groups is 1. The van der Waals surface area contributed by atoms with Gasteiger partial charge in [0.1, 0.15) is 5.75 Å². The number of anilines is 1. The Morgan fingerprint density at radius 2 is 1.90 bits per heavy atom. The van der Waals surface area contributed by atoms with E-state index in [0.29, 0.717) is 11.7 Å². The third-order valence-electron chi connectivity index (χ3n) is 8.43. The van der Waals surface area contributed by atoms with Crippen LogP contribution in [-0.2, 0) is 4.79 Å². The highest BCUT2D eigenvalue weighted by Crippen LogP contribution is 2.62. The molecule has 0 aliphatic heterocycles. The molecule has 1 aromatic rings. The SMILES string of the molecule is CC(C)=C1CC[C@H]2C(=CC[C@@H]3[C@]2(C)CCC[C@@]3(C)C(=O)Oc2ccc(N([O-])O)cc2)C1. The van der Waals surface area contributed by atoms with Gasteiger partial charge in [0.2, 0.25) is 0 Å². The van der Waals surface area contributed by atoms with E-state index in [4.69, 9.17) is 9.94 Å². The summed E-state index contributed by atoms with van der Waals surface area (Å²) in [6, 6.07) is 6.00. The van der Waals surface area contributed by atoms with Crippen molar-refractivity contribution in [1.29, 1.82) is 0 Å². The smallest absolute Gasteiger partial charge is 0.317 e. The molecular formula is C26H34NO4-. The molecule has 3 aliphatic rings. The maximum atomic E-state index is 13.4. The molecular weight excluding hydrogens is 390 g/mol. The highest BCUT2D eigenvalue weighted by Gasteiger charge is 2.57. The van der Waals surface area contributed by atoms with Gasteiger partial charge < -0.3 is 15.2 Å². The van der Waals surface area contributed by atoms with Gasteiger partial charge in [-0.25, -0.2) is 0 Å². The first-order chi connectivity index (χ1) is 14.6. The number of allylic oxidation sites excluding steroid dienone is 4. The molecule has 0 aromatic heterocycles. The van der Waals surface area contributed by atoms with Crippen molar-refractivity contribution in [3.05, 3.63) is 52.3 Å². The first-order valence-electron chi connectivity index (χ1n) is 11.5. The van der Waals surface area contributed by atoms with Crippen molar-refractivity contribution in [2.24, 2.45) is 22.7 Å². The summed E-state index contributed by atoms with van der Waals surface area (Å²) in [5, 5.41) is 19.8. The average molecular weight is 425 g/mol. The van der Waals surface area contributed by atoms with Gasteiger partial charge in [-0.15, -0.1) is 0 Å². The second-order valence-corrected chi connectivity index (χ2v) is 10.4. The Bertz CT molecular complexity index is 912. The summed E-state index contributed by atoms with van der Waals surface area (Å²) >= 11 is 0. The van der Waals surface area contributed by atoms with Crippen LogP contribution in [0.4, 0.5) is 5.69 Å². The lowest BCUT2D eigenvalue weighted by Gasteiger charge is -2.57. The minimum absolute atomic E-state index is 0.106. The standard InChI is InChI=1S/C26H34NO4/c1-17(2)18-6-12-22-19(16-18)7-13-23-25(22,3)14-5-15-26(23,4)24(28)31-21-10-8-20(9-11-21)27(29)30/h7-11,22-23,29H,5-6,12-16H2,1-4H3/q-1/t22-,23+,25+,26+/m0/s1. The summed E-state index contributed by atoms with van der Waals surface area (Å²) in [6.07, 6.45) is 9.84. The predicted molar refractivity (Wildman–Crippen MR) is 122 cm³/mol. The van der Waals surface area contributed by atoms with Crippen LogP contribution in [0.2, 0.25) is 0 Å². The molecule has 4 atom stereocenters. The van der Waals surface area contributed by atoms with Gasteiger partial charge in [-0.1, -0.05) is 36.1 Å². The van der Waals surface area contributed by atoms with Crippen molar-refractivity contribution in [2.75, 3.05) is 5.23 Å². The summed E-state index contributed by atoms with van der Waals surface area (Å²) in [7, 11) is 0. The molecule has 2 fully saturated rings. The lowest BCUT2D eigenvalue weighted by molar-refractivity contribution is -0.159. The molecule has 1 aromatic carbocycles. The first-order valence-corrected chi connectivity index (χ1v) is 11.5. The van der Waals surface area contributed by atoms with Crippen molar-refractivity contribution < 1.29 is 14.7 Å². The number of carbonyl (C=O) groups excluding carboxylic acids is 1. The lowest BCUT2D eigenvalue weighted by atomic mass is 9.46. The van der Waals surface area contributed by atoms with Crippen molar-refractivity contribution in [3.8, 4) is 5.75 Å². The normalized spacial score (nSPS) is 32.5. The van der Waals surface area contributed by atoms with Crippen molar-refractivity contribution in [3.63, 3.8) is 0 Å². The van der Waals surface area contributed by atoms with Gasteiger partial charge in [0, 0.05) is 0 Å². The Hall–Kier alpha value is -2.11. The fourth-order valence-electron chi connectivity index (χ4n) is 6.59. The molecule has 2 saturated carbocycles. The van der Waals surface area contributed by atoms with Crippen LogP contribution >= 0.6 is 0 Å². The van der Waals surface area contributed by atoms with E-state index in [9.17, 15) is 10.0 Å². The van der Waals surface area contributed by atoms with Gasteiger partial charge in [0.25, 0.3) is 0 Å². The number of hydrogen-bond acceptors (Lipinski definition) is 5. The Morgan fingerprint density at radius 3 is 2.55 bits per heavy atom. The van der Waals surface area contributed by atoms with Gasteiger partial charge in [0.15, 0.2) is 0 Å². The molecule has 1 N–H and O–H groups in total. The van der Waals surface area contributed by atoms with Crippen LogP contribution in [0, 0.1) is 27.9 Å². The summed E-state index contributed by atoms with van der Waals surface area (Å²) in [6.45, 7) is 8.94. The zero-order valence-corrected chi connectivity index (χ0v) is 19.1. The first kappa shape index (κ1) is 22.1. The fourth-order valence-corrected chi connectivity index (χ4v) is 6.59. The van der Waals surface area contributed by atoms with Crippen molar-refractivity contribution in [2.45, 2.75) is 72.6 Å². The minimum Gasteiger partial charge on any atom is -0.733 e. The molecule has 0 spiro atoms. The van der Waals surface area contributed by atoms with E-state index in [2.05, 4.69) is 33.8 Å². The average Bonchev–Trinajstić information content (AvgIpc) is 2.73. The van der Waals surface area contributed by atoms with E-state index in [-0.39, 0.29) is 28.2 Å². The molecule has 0 heterocycles. The van der Waals surface area contributed by atoms with E-state index in [1.165, 1.54) is 30.5 Å². The van der Waals surface area contributed by atoms with Crippen LogP contribution in [0.5, 0.6) is 5.75 Å². The molecule has 0 bridgehead atoms. The Kier molecular flexibility index (Phi) is 5.78. The molecule has 0 unspecified atom stereocenters. The Morgan fingerprint density at radius 1 is 1.19 bits per heavy atom. The summed E-state index contributed by atoms with van der Waals surface area (Å²) in [5.74, 6) is 1.03. The van der Waals surface area contributed by atoms with Gasteiger partial charge >= 0.3 is 5.97 Å². The molecule has 168 valence electrons. The van der Waals surface area contributed by atoms with E-state index in [1.54, 1.807) is 23.3 Å². The van der Waals surface area contributed by atoms with E-state index >= 15 is 0 Å². The van der Waals surface area contributed by atoms with Crippen molar-refractivity contribution >= 4 is 11.7 Å². The quantitative estimate of drug-likeness (QED) is 0.257. The topological polar surface area (TPSA) is 72.8 Å².